The minimum absolute atomic E-state index is 0.159. The average Bonchev–Trinajstić information content (AvgIpc) is 2.88. The summed E-state index contributed by atoms with van der Waals surface area (Å²) >= 11 is 0. The average molecular weight is 286 g/mol. The fourth-order valence-electron chi connectivity index (χ4n) is 2.90. The Labute approximate surface area is 118 Å². The predicted octanol–water partition coefficient (Wildman–Crippen LogP) is 0.800. The number of aromatic nitrogens is 2. The molecule has 0 saturated carbocycles. The zero-order valence-corrected chi connectivity index (χ0v) is 11.7. The highest BCUT2D eigenvalue weighted by Gasteiger charge is 2.20. The van der Waals surface area contributed by atoms with Gasteiger partial charge in [0.25, 0.3) is 22.2 Å². The summed E-state index contributed by atoms with van der Waals surface area (Å²) in [5.41, 5.74) is -1.84. The number of rotatable bonds is 3. The lowest BCUT2D eigenvalue weighted by Gasteiger charge is -2.11. The lowest BCUT2D eigenvalue weighted by Crippen LogP contribution is -2.29. The standard InChI is InChI=1S/C15H14N2O4/c1-3-7(4-2)17-14(20)10-5-8-9(6-11(10)15(17)21)13(19)16-12(8)18/h5-7H,3-4H2,1-2H3,(H,16,18,19). The van der Waals surface area contributed by atoms with Crippen LogP contribution in [0.1, 0.15) is 32.7 Å². The Morgan fingerprint density at radius 3 is 1.67 bits per heavy atom. The zero-order chi connectivity index (χ0) is 15.3. The van der Waals surface area contributed by atoms with Crippen LogP contribution < -0.4 is 22.2 Å². The maximum Gasteiger partial charge on any atom is 0.261 e. The number of hydrogen-bond donors (Lipinski definition) is 1. The number of nitrogens with one attached hydrogen (secondary N) is 1. The molecule has 2 aromatic heterocycles. The minimum atomic E-state index is -0.529. The fraction of sp³-hybridized carbons (Fsp3) is 0.333. The van der Waals surface area contributed by atoms with Crippen molar-refractivity contribution >= 4 is 21.5 Å². The van der Waals surface area contributed by atoms with Crippen LogP contribution in [0.15, 0.2) is 31.3 Å². The van der Waals surface area contributed by atoms with E-state index in [2.05, 4.69) is 4.98 Å². The van der Waals surface area contributed by atoms with E-state index in [0.717, 1.165) is 0 Å². The molecule has 0 aliphatic carbocycles. The van der Waals surface area contributed by atoms with Gasteiger partial charge in [-0.2, -0.15) is 0 Å². The third-order valence-corrected chi connectivity index (χ3v) is 4.08. The summed E-state index contributed by atoms with van der Waals surface area (Å²) in [6.07, 6.45) is 1.34. The van der Waals surface area contributed by atoms with Crippen molar-refractivity contribution in [3.05, 3.63) is 53.5 Å². The van der Waals surface area contributed by atoms with Crippen molar-refractivity contribution in [2.75, 3.05) is 0 Å². The maximum atomic E-state index is 12.4. The number of nitrogens with zero attached hydrogens (tertiary/aromatic N) is 1. The van der Waals surface area contributed by atoms with Gasteiger partial charge in [-0.05, 0) is 25.0 Å². The minimum Gasteiger partial charge on any atom is -0.288 e. The number of fused-ring (bicyclic) bond motifs is 2. The maximum absolute atomic E-state index is 12.4. The molecule has 0 saturated heterocycles. The van der Waals surface area contributed by atoms with Crippen LogP contribution in [-0.2, 0) is 0 Å². The van der Waals surface area contributed by atoms with Gasteiger partial charge in [-0.25, -0.2) is 0 Å². The molecule has 0 aliphatic rings. The Kier molecular flexibility index (Phi) is 2.90. The lowest BCUT2D eigenvalue weighted by atomic mass is 10.1. The molecule has 3 aromatic rings. The molecule has 0 spiro atoms. The molecule has 0 aliphatic heterocycles. The van der Waals surface area contributed by atoms with E-state index in [0.29, 0.717) is 12.8 Å². The molecule has 2 heterocycles. The number of aromatic amines is 1. The van der Waals surface area contributed by atoms with Gasteiger partial charge in [0.2, 0.25) is 0 Å². The SMILES string of the molecule is CCC(CC)n1c(=O)c2cc3c(=O)[nH]c(=O)c3cc2c1=O. The molecule has 0 amide bonds. The summed E-state index contributed by atoms with van der Waals surface area (Å²) in [5, 5.41) is 0.726. The fourth-order valence-corrected chi connectivity index (χ4v) is 2.90. The normalized spacial score (nSPS) is 12.0. The molecule has 1 aromatic carbocycles. The Hall–Kier alpha value is -2.50. The van der Waals surface area contributed by atoms with Crippen LogP contribution in [0.4, 0.5) is 0 Å². The summed E-state index contributed by atoms with van der Waals surface area (Å²) in [5.74, 6) is 0. The van der Waals surface area contributed by atoms with Crippen LogP contribution in [-0.4, -0.2) is 9.55 Å². The topological polar surface area (TPSA) is 89.0 Å². The van der Waals surface area contributed by atoms with E-state index in [1.54, 1.807) is 0 Å². The van der Waals surface area contributed by atoms with Crippen molar-refractivity contribution in [1.29, 1.82) is 0 Å². The molecule has 0 unspecified atom stereocenters. The molecule has 0 fully saturated rings. The second-order valence-electron chi connectivity index (χ2n) is 5.18. The monoisotopic (exact) mass is 286 g/mol. The van der Waals surface area contributed by atoms with Gasteiger partial charge >= 0.3 is 0 Å². The largest absolute Gasteiger partial charge is 0.288 e. The summed E-state index contributed by atoms with van der Waals surface area (Å²) in [7, 11) is 0. The van der Waals surface area contributed by atoms with Crippen LogP contribution in [0.5, 0.6) is 0 Å². The Bertz CT molecular complexity index is 968. The van der Waals surface area contributed by atoms with Gasteiger partial charge in [0.05, 0.1) is 21.5 Å². The van der Waals surface area contributed by atoms with E-state index in [1.165, 1.54) is 16.7 Å². The molecule has 0 atom stereocenters. The van der Waals surface area contributed by atoms with E-state index < -0.39 is 22.2 Å². The van der Waals surface area contributed by atoms with Gasteiger partial charge in [-0.3, -0.25) is 28.7 Å². The van der Waals surface area contributed by atoms with E-state index in [1.807, 2.05) is 13.8 Å². The molecule has 0 radical (unpaired) electrons. The summed E-state index contributed by atoms with van der Waals surface area (Å²) < 4.78 is 1.24. The van der Waals surface area contributed by atoms with Crippen LogP contribution in [0, 0.1) is 0 Å². The van der Waals surface area contributed by atoms with Gasteiger partial charge in [0, 0.05) is 6.04 Å². The number of hydrogen-bond acceptors (Lipinski definition) is 4. The summed E-state index contributed by atoms with van der Waals surface area (Å²) in [6.45, 7) is 3.82. The van der Waals surface area contributed by atoms with Crippen LogP contribution in [0.25, 0.3) is 21.5 Å². The molecular weight excluding hydrogens is 272 g/mol. The van der Waals surface area contributed by atoms with Crippen LogP contribution >= 0.6 is 0 Å². The van der Waals surface area contributed by atoms with Crippen LogP contribution in [0.3, 0.4) is 0 Å². The molecule has 3 rings (SSSR count). The second kappa shape index (κ2) is 4.51. The van der Waals surface area contributed by atoms with E-state index >= 15 is 0 Å². The van der Waals surface area contributed by atoms with Gasteiger partial charge in [0.1, 0.15) is 0 Å². The lowest BCUT2D eigenvalue weighted by molar-refractivity contribution is 0.455. The van der Waals surface area contributed by atoms with Gasteiger partial charge in [-0.1, -0.05) is 13.8 Å². The smallest absolute Gasteiger partial charge is 0.261 e. The van der Waals surface area contributed by atoms with Crippen molar-refractivity contribution in [1.82, 2.24) is 9.55 Å². The molecule has 108 valence electrons. The Morgan fingerprint density at radius 2 is 1.29 bits per heavy atom. The first kappa shape index (κ1) is 13.5. The second-order valence-corrected chi connectivity index (χ2v) is 5.18. The Morgan fingerprint density at radius 1 is 0.857 bits per heavy atom. The van der Waals surface area contributed by atoms with Gasteiger partial charge in [0.15, 0.2) is 0 Å². The quantitative estimate of drug-likeness (QED) is 0.771. The van der Waals surface area contributed by atoms with Crippen LogP contribution in [0.2, 0.25) is 0 Å². The number of H-pyrrole nitrogens is 1. The third kappa shape index (κ3) is 1.72. The van der Waals surface area contributed by atoms with Crippen molar-refractivity contribution in [3.63, 3.8) is 0 Å². The van der Waals surface area contributed by atoms with Gasteiger partial charge < -0.3 is 0 Å². The van der Waals surface area contributed by atoms with Crippen molar-refractivity contribution in [3.8, 4) is 0 Å². The van der Waals surface area contributed by atoms with E-state index in [4.69, 9.17) is 0 Å². The van der Waals surface area contributed by atoms with Gasteiger partial charge in [-0.15, -0.1) is 0 Å². The molecule has 0 bridgehead atoms. The molecule has 1 N–H and O–H groups in total. The highest BCUT2D eigenvalue weighted by Crippen LogP contribution is 2.17. The highest BCUT2D eigenvalue weighted by molar-refractivity contribution is 5.97. The predicted molar refractivity (Wildman–Crippen MR) is 80.9 cm³/mol. The highest BCUT2D eigenvalue weighted by atomic mass is 16.2. The number of benzene rings is 1. The molecule has 6 nitrogen and oxygen atoms in total. The van der Waals surface area contributed by atoms with Crippen molar-refractivity contribution in [2.45, 2.75) is 32.7 Å². The van der Waals surface area contributed by atoms with Crippen molar-refractivity contribution in [2.24, 2.45) is 0 Å². The van der Waals surface area contributed by atoms with E-state index in [-0.39, 0.29) is 27.6 Å². The molecular formula is C15H14N2O4. The zero-order valence-electron chi connectivity index (χ0n) is 11.7. The summed E-state index contributed by atoms with van der Waals surface area (Å²) in [4.78, 5) is 50.3. The first-order chi connectivity index (χ1) is 9.99. The summed E-state index contributed by atoms with van der Waals surface area (Å²) in [6, 6.07) is 2.54. The first-order valence-corrected chi connectivity index (χ1v) is 6.91. The molecule has 6 heteroatoms. The van der Waals surface area contributed by atoms with E-state index in [9.17, 15) is 19.2 Å². The third-order valence-electron chi connectivity index (χ3n) is 4.08. The van der Waals surface area contributed by atoms with Crippen molar-refractivity contribution < 1.29 is 0 Å². The first-order valence-electron chi connectivity index (χ1n) is 6.91. The Balaban J connectivity index is 2.51. The molecule has 21 heavy (non-hydrogen) atoms.